The maximum atomic E-state index is 12.2. The first-order chi connectivity index (χ1) is 9.70. The minimum absolute atomic E-state index is 0.0557. The number of hydrogen-bond acceptors (Lipinski definition) is 2. The molecule has 1 aliphatic carbocycles. The van der Waals surface area contributed by atoms with E-state index in [4.69, 9.17) is 4.74 Å². The molecule has 2 rings (SSSR count). The van der Waals surface area contributed by atoms with Crippen molar-refractivity contribution in [1.82, 2.24) is 5.32 Å². The zero-order valence-electron chi connectivity index (χ0n) is 12.5. The van der Waals surface area contributed by atoms with E-state index < -0.39 is 0 Å². The Kier molecular flexibility index (Phi) is 5.45. The molecule has 0 spiro atoms. The highest BCUT2D eigenvalue weighted by atomic mass is 16.5. The fraction of sp³-hybridized carbons (Fsp3) is 0.588. The molecule has 1 fully saturated rings. The topological polar surface area (TPSA) is 38.3 Å². The summed E-state index contributed by atoms with van der Waals surface area (Å²) in [5.41, 5.74) is 1.12. The van der Waals surface area contributed by atoms with E-state index >= 15 is 0 Å². The summed E-state index contributed by atoms with van der Waals surface area (Å²) in [6, 6.07) is 8.03. The van der Waals surface area contributed by atoms with Gasteiger partial charge in [0.1, 0.15) is 5.75 Å². The molecule has 1 aromatic rings. The minimum atomic E-state index is 0.0557. The summed E-state index contributed by atoms with van der Waals surface area (Å²) in [6.07, 6.45) is 5.74. The largest absolute Gasteiger partial charge is 0.494 e. The van der Waals surface area contributed by atoms with Crippen LogP contribution < -0.4 is 10.1 Å². The fourth-order valence-electron chi connectivity index (χ4n) is 2.80. The van der Waals surface area contributed by atoms with Crippen LogP contribution in [0.2, 0.25) is 0 Å². The maximum absolute atomic E-state index is 12.2. The molecule has 1 aliphatic rings. The monoisotopic (exact) mass is 275 g/mol. The Hall–Kier alpha value is -1.51. The number of benzene rings is 1. The predicted octanol–water partition coefficient (Wildman–Crippen LogP) is 3.84. The number of nitrogens with one attached hydrogen (secondary N) is 1. The van der Waals surface area contributed by atoms with E-state index in [1.54, 1.807) is 0 Å². The van der Waals surface area contributed by atoms with Crippen LogP contribution in [-0.4, -0.2) is 12.5 Å². The van der Waals surface area contributed by atoms with Crippen LogP contribution in [0.1, 0.15) is 57.6 Å². The second-order valence-corrected chi connectivity index (χ2v) is 5.57. The Balaban J connectivity index is 1.89. The Morgan fingerprint density at radius 2 is 1.90 bits per heavy atom. The van der Waals surface area contributed by atoms with Crippen molar-refractivity contribution in [1.29, 1.82) is 0 Å². The molecule has 0 aromatic heterocycles. The molecular weight excluding hydrogens is 250 g/mol. The summed E-state index contributed by atoms with van der Waals surface area (Å²) < 4.78 is 5.43. The van der Waals surface area contributed by atoms with E-state index in [9.17, 15) is 4.79 Å². The van der Waals surface area contributed by atoms with Gasteiger partial charge in [0.25, 0.3) is 0 Å². The van der Waals surface area contributed by atoms with Crippen LogP contribution >= 0.6 is 0 Å². The predicted molar refractivity (Wildman–Crippen MR) is 80.7 cm³/mol. The lowest BCUT2D eigenvalue weighted by Gasteiger charge is -2.23. The lowest BCUT2D eigenvalue weighted by Crippen LogP contribution is -2.33. The Morgan fingerprint density at radius 3 is 2.50 bits per heavy atom. The third-order valence-electron chi connectivity index (χ3n) is 4.03. The Bertz CT molecular complexity index is 421. The molecule has 1 N–H and O–H groups in total. The van der Waals surface area contributed by atoms with E-state index in [0.29, 0.717) is 6.61 Å². The van der Waals surface area contributed by atoms with Gasteiger partial charge in [-0.25, -0.2) is 0 Å². The zero-order chi connectivity index (χ0) is 14.4. The molecule has 3 nitrogen and oxygen atoms in total. The normalized spacial score (nSPS) is 17.5. The van der Waals surface area contributed by atoms with Gasteiger partial charge in [0, 0.05) is 5.92 Å². The first-order valence-corrected chi connectivity index (χ1v) is 7.74. The summed E-state index contributed by atoms with van der Waals surface area (Å²) in [5, 5.41) is 3.14. The molecule has 1 aromatic carbocycles. The van der Waals surface area contributed by atoms with Crippen LogP contribution in [0.25, 0.3) is 0 Å². The highest BCUT2D eigenvalue weighted by Crippen LogP contribution is 2.25. The van der Waals surface area contributed by atoms with Gasteiger partial charge < -0.3 is 10.1 Å². The number of hydrogen-bond donors (Lipinski definition) is 1. The summed E-state index contributed by atoms with van der Waals surface area (Å²) in [5.74, 6) is 1.31. The van der Waals surface area contributed by atoms with Gasteiger partial charge in [-0.3, -0.25) is 4.79 Å². The Labute approximate surface area is 121 Å². The molecule has 0 aliphatic heterocycles. The number of ether oxygens (including phenoxy) is 1. The van der Waals surface area contributed by atoms with Gasteiger partial charge in [-0.1, -0.05) is 31.4 Å². The van der Waals surface area contributed by atoms with Crippen molar-refractivity contribution < 1.29 is 9.53 Å². The van der Waals surface area contributed by atoms with Gasteiger partial charge in [0.15, 0.2) is 0 Å². The van der Waals surface area contributed by atoms with Crippen molar-refractivity contribution in [3.63, 3.8) is 0 Å². The first-order valence-electron chi connectivity index (χ1n) is 7.74. The van der Waals surface area contributed by atoms with Gasteiger partial charge >= 0.3 is 0 Å². The van der Waals surface area contributed by atoms with Crippen molar-refractivity contribution in [2.24, 2.45) is 5.92 Å². The highest BCUT2D eigenvalue weighted by Gasteiger charge is 2.22. The number of amides is 1. The second kappa shape index (κ2) is 7.32. The van der Waals surface area contributed by atoms with Crippen molar-refractivity contribution >= 4 is 5.91 Å². The van der Waals surface area contributed by atoms with E-state index in [0.717, 1.165) is 24.2 Å². The lowest BCUT2D eigenvalue weighted by molar-refractivity contribution is -0.126. The molecule has 1 saturated carbocycles. The van der Waals surface area contributed by atoms with Gasteiger partial charge in [-0.05, 0) is 44.4 Å². The van der Waals surface area contributed by atoms with E-state index in [-0.39, 0.29) is 17.9 Å². The summed E-state index contributed by atoms with van der Waals surface area (Å²) in [6.45, 7) is 4.69. The van der Waals surface area contributed by atoms with Crippen molar-refractivity contribution in [3.8, 4) is 5.75 Å². The molecule has 0 radical (unpaired) electrons. The van der Waals surface area contributed by atoms with Crippen molar-refractivity contribution in [2.45, 2.75) is 52.0 Å². The smallest absolute Gasteiger partial charge is 0.223 e. The SMILES string of the molecule is CCOc1ccc(C(C)NC(=O)C2CCCCC2)cc1. The molecule has 0 heterocycles. The molecule has 1 amide bonds. The van der Waals surface area contributed by atoms with Crippen LogP contribution in [0.4, 0.5) is 0 Å². The number of carbonyl (C=O) groups excluding carboxylic acids is 1. The summed E-state index contributed by atoms with van der Waals surface area (Å²) >= 11 is 0. The summed E-state index contributed by atoms with van der Waals surface area (Å²) in [4.78, 5) is 12.2. The fourth-order valence-corrected chi connectivity index (χ4v) is 2.80. The molecule has 110 valence electrons. The maximum Gasteiger partial charge on any atom is 0.223 e. The first kappa shape index (κ1) is 14.9. The Morgan fingerprint density at radius 1 is 1.25 bits per heavy atom. The van der Waals surface area contributed by atoms with Crippen molar-refractivity contribution in [3.05, 3.63) is 29.8 Å². The molecule has 3 heteroatoms. The standard InChI is InChI=1S/C17H25NO2/c1-3-20-16-11-9-14(10-12-16)13(2)18-17(19)15-7-5-4-6-8-15/h9-13,15H,3-8H2,1-2H3,(H,18,19). The van der Waals surface area contributed by atoms with E-state index in [1.807, 2.05) is 38.1 Å². The quantitative estimate of drug-likeness (QED) is 0.886. The zero-order valence-corrected chi connectivity index (χ0v) is 12.5. The van der Waals surface area contributed by atoms with Gasteiger partial charge in [0.05, 0.1) is 12.6 Å². The third kappa shape index (κ3) is 3.99. The van der Waals surface area contributed by atoms with Gasteiger partial charge in [0.2, 0.25) is 5.91 Å². The van der Waals surface area contributed by atoms with E-state index in [1.165, 1.54) is 19.3 Å². The number of carbonyl (C=O) groups is 1. The van der Waals surface area contributed by atoms with Gasteiger partial charge in [-0.2, -0.15) is 0 Å². The molecule has 20 heavy (non-hydrogen) atoms. The van der Waals surface area contributed by atoms with Crippen LogP contribution in [0.15, 0.2) is 24.3 Å². The molecule has 0 bridgehead atoms. The molecule has 1 unspecified atom stereocenters. The van der Waals surface area contributed by atoms with E-state index in [2.05, 4.69) is 5.32 Å². The number of rotatable bonds is 5. The van der Waals surface area contributed by atoms with Crippen LogP contribution in [-0.2, 0) is 4.79 Å². The third-order valence-corrected chi connectivity index (χ3v) is 4.03. The molecule has 0 saturated heterocycles. The van der Waals surface area contributed by atoms with Crippen LogP contribution in [0.3, 0.4) is 0 Å². The highest BCUT2D eigenvalue weighted by molar-refractivity contribution is 5.79. The minimum Gasteiger partial charge on any atom is -0.494 e. The molecule has 1 atom stereocenters. The average molecular weight is 275 g/mol. The van der Waals surface area contributed by atoms with Crippen LogP contribution in [0, 0.1) is 5.92 Å². The van der Waals surface area contributed by atoms with Gasteiger partial charge in [-0.15, -0.1) is 0 Å². The lowest BCUT2D eigenvalue weighted by atomic mass is 9.88. The average Bonchev–Trinajstić information content (AvgIpc) is 2.49. The molecular formula is C17H25NO2. The summed E-state index contributed by atoms with van der Waals surface area (Å²) in [7, 11) is 0. The van der Waals surface area contributed by atoms with Crippen LogP contribution in [0.5, 0.6) is 5.75 Å². The van der Waals surface area contributed by atoms with Crippen molar-refractivity contribution in [2.75, 3.05) is 6.61 Å². The second-order valence-electron chi connectivity index (χ2n) is 5.57.